The fraction of sp³-hybridized carbons (Fsp3) is 0.533. The zero-order chi connectivity index (χ0) is 13.0. The molecule has 1 fully saturated rings. The van der Waals surface area contributed by atoms with Gasteiger partial charge in [0.15, 0.2) is 0 Å². The van der Waals surface area contributed by atoms with Crippen molar-refractivity contribution in [3.63, 3.8) is 0 Å². The smallest absolute Gasteiger partial charge is 0.137 e. The van der Waals surface area contributed by atoms with Gasteiger partial charge in [-0.1, -0.05) is 48.0 Å². The Balaban J connectivity index is 1.92. The van der Waals surface area contributed by atoms with E-state index in [0.717, 1.165) is 10.0 Å². The number of halogens is 2. The van der Waals surface area contributed by atoms with E-state index in [1.165, 1.54) is 44.2 Å². The van der Waals surface area contributed by atoms with Crippen LogP contribution in [-0.2, 0) is 11.2 Å². The minimum absolute atomic E-state index is 0.230. The molecular formula is C15H18BrFO. The van der Waals surface area contributed by atoms with E-state index in [-0.39, 0.29) is 11.6 Å². The van der Waals surface area contributed by atoms with Crippen molar-refractivity contribution in [1.29, 1.82) is 0 Å². The Labute approximate surface area is 116 Å². The zero-order valence-corrected chi connectivity index (χ0v) is 12.0. The molecular weight excluding hydrogens is 295 g/mol. The lowest BCUT2D eigenvalue weighted by molar-refractivity contribution is -0.119. The van der Waals surface area contributed by atoms with Gasteiger partial charge in [0.1, 0.15) is 11.6 Å². The highest BCUT2D eigenvalue weighted by molar-refractivity contribution is 9.10. The molecule has 1 saturated carbocycles. The van der Waals surface area contributed by atoms with Gasteiger partial charge in [0.25, 0.3) is 0 Å². The highest BCUT2D eigenvalue weighted by Gasteiger charge is 2.17. The Morgan fingerprint density at radius 3 is 2.72 bits per heavy atom. The van der Waals surface area contributed by atoms with Gasteiger partial charge in [0.2, 0.25) is 0 Å². The summed E-state index contributed by atoms with van der Waals surface area (Å²) in [6.45, 7) is 0. The van der Waals surface area contributed by atoms with Crippen LogP contribution in [0.15, 0.2) is 22.7 Å². The van der Waals surface area contributed by atoms with Crippen molar-refractivity contribution < 1.29 is 9.18 Å². The third-order valence-electron chi connectivity index (χ3n) is 3.64. The molecule has 98 valence electrons. The van der Waals surface area contributed by atoms with Gasteiger partial charge >= 0.3 is 0 Å². The van der Waals surface area contributed by atoms with Crippen LogP contribution in [0.5, 0.6) is 0 Å². The normalized spacial score (nSPS) is 16.8. The van der Waals surface area contributed by atoms with Crippen LogP contribution in [0, 0.1) is 11.7 Å². The van der Waals surface area contributed by atoms with Gasteiger partial charge in [-0.05, 0) is 29.7 Å². The van der Waals surface area contributed by atoms with Crippen LogP contribution >= 0.6 is 15.9 Å². The quantitative estimate of drug-likeness (QED) is 0.789. The standard InChI is InChI=1S/C15H18BrFO/c16-15-7-6-13(17)9-12(15)10-14(18)8-11-4-2-1-3-5-11/h6-7,9,11H,1-5,8,10H2. The third kappa shape index (κ3) is 3.91. The third-order valence-corrected chi connectivity index (χ3v) is 4.41. The van der Waals surface area contributed by atoms with Crippen molar-refractivity contribution in [3.05, 3.63) is 34.1 Å². The Hall–Kier alpha value is -0.700. The minimum Gasteiger partial charge on any atom is -0.299 e. The van der Waals surface area contributed by atoms with Crippen LogP contribution in [0.1, 0.15) is 44.1 Å². The first-order valence-electron chi connectivity index (χ1n) is 6.61. The molecule has 1 aliphatic rings. The molecule has 1 aromatic carbocycles. The van der Waals surface area contributed by atoms with E-state index >= 15 is 0 Å². The maximum Gasteiger partial charge on any atom is 0.137 e. The highest BCUT2D eigenvalue weighted by atomic mass is 79.9. The summed E-state index contributed by atoms with van der Waals surface area (Å²) in [6.07, 6.45) is 7.16. The van der Waals surface area contributed by atoms with E-state index in [1.807, 2.05) is 0 Å². The average Bonchev–Trinajstić information content (AvgIpc) is 2.35. The van der Waals surface area contributed by atoms with E-state index < -0.39 is 0 Å². The highest BCUT2D eigenvalue weighted by Crippen LogP contribution is 2.27. The molecule has 0 heterocycles. The van der Waals surface area contributed by atoms with Crippen LogP contribution in [0.2, 0.25) is 0 Å². The number of Topliss-reactive ketones (excluding diaryl/α,β-unsaturated/α-hetero) is 1. The summed E-state index contributed by atoms with van der Waals surface area (Å²) >= 11 is 3.37. The van der Waals surface area contributed by atoms with Crippen LogP contribution in [-0.4, -0.2) is 5.78 Å². The first-order valence-corrected chi connectivity index (χ1v) is 7.40. The lowest BCUT2D eigenvalue weighted by atomic mass is 9.85. The SMILES string of the molecule is O=C(Cc1cc(F)ccc1Br)CC1CCCCC1. The van der Waals surface area contributed by atoms with Crippen molar-refractivity contribution in [1.82, 2.24) is 0 Å². The van der Waals surface area contributed by atoms with E-state index in [4.69, 9.17) is 0 Å². The summed E-state index contributed by atoms with van der Waals surface area (Å²) < 4.78 is 13.9. The summed E-state index contributed by atoms with van der Waals surface area (Å²) in [4.78, 5) is 12.0. The monoisotopic (exact) mass is 312 g/mol. The van der Waals surface area contributed by atoms with Crippen molar-refractivity contribution in [2.75, 3.05) is 0 Å². The molecule has 0 N–H and O–H groups in total. The summed E-state index contributed by atoms with van der Waals surface area (Å²) in [5, 5.41) is 0. The molecule has 3 heteroatoms. The topological polar surface area (TPSA) is 17.1 Å². The second kappa shape index (κ2) is 6.46. The molecule has 0 aromatic heterocycles. The number of hydrogen-bond acceptors (Lipinski definition) is 1. The molecule has 18 heavy (non-hydrogen) atoms. The fourth-order valence-corrected chi connectivity index (χ4v) is 3.06. The summed E-state index contributed by atoms with van der Waals surface area (Å²) in [5.74, 6) is 0.505. The molecule has 0 bridgehead atoms. The Bertz CT molecular complexity index is 425. The van der Waals surface area contributed by atoms with E-state index in [1.54, 1.807) is 6.07 Å². The number of carbonyl (C=O) groups excluding carboxylic acids is 1. The van der Waals surface area contributed by atoms with Crippen LogP contribution in [0.3, 0.4) is 0 Å². The maximum atomic E-state index is 13.1. The fourth-order valence-electron chi connectivity index (χ4n) is 2.68. The van der Waals surface area contributed by atoms with Gasteiger partial charge in [-0.15, -0.1) is 0 Å². The second-order valence-corrected chi connectivity index (χ2v) is 6.01. The van der Waals surface area contributed by atoms with Crippen LogP contribution < -0.4 is 0 Å². The molecule has 0 radical (unpaired) electrons. The van der Waals surface area contributed by atoms with Gasteiger partial charge in [0, 0.05) is 17.3 Å². The molecule has 0 unspecified atom stereocenters. The van der Waals surface area contributed by atoms with Gasteiger partial charge < -0.3 is 0 Å². The lowest BCUT2D eigenvalue weighted by Crippen LogP contribution is -2.13. The number of ketones is 1. The number of carbonyl (C=O) groups is 1. The van der Waals surface area contributed by atoms with Crippen LogP contribution in [0.25, 0.3) is 0 Å². The summed E-state index contributed by atoms with van der Waals surface area (Å²) in [7, 11) is 0. The molecule has 1 nitrogen and oxygen atoms in total. The molecule has 1 aromatic rings. The Morgan fingerprint density at radius 2 is 2.00 bits per heavy atom. The summed E-state index contributed by atoms with van der Waals surface area (Å²) in [5.41, 5.74) is 0.760. The van der Waals surface area contributed by atoms with Gasteiger partial charge in [-0.3, -0.25) is 4.79 Å². The van der Waals surface area contributed by atoms with Gasteiger partial charge in [-0.2, -0.15) is 0 Å². The van der Waals surface area contributed by atoms with Crippen LogP contribution in [0.4, 0.5) is 4.39 Å². The average molecular weight is 313 g/mol. The largest absolute Gasteiger partial charge is 0.299 e. The predicted octanol–water partition coefficient (Wildman–Crippen LogP) is 4.67. The van der Waals surface area contributed by atoms with Crippen molar-refractivity contribution in [2.45, 2.75) is 44.9 Å². The Morgan fingerprint density at radius 1 is 1.28 bits per heavy atom. The predicted molar refractivity (Wildman–Crippen MR) is 74.0 cm³/mol. The maximum absolute atomic E-state index is 13.1. The number of hydrogen-bond donors (Lipinski definition) is 0. The molecule has 0 atom stereocenters. The number of rotatable bonds is 4. The first-order chi connectivity index (χ1) is 8.65. The van der Waals surface area contributed by atoms with Crippen molar-refractivity contribution in [2.24, 2.45) is 5.92 Å². The van der Waals surface area contributed by atoms with Gasteiger partial charge in [-0.25, -0.2) is 4.39 Å². The van der Waals surface area contributed by atoms with Crippen molar-refractivity contribution >= 4 is 21.7 Å². The van der Waals surface area contributed by atoms with Gasteiger partial charge in [0.05, 0.1) is 0 Å². The molecule has 2 rings (SSSR count). The molecule has 1 aliphatic carbocycles. The number of benzene rings is 1. The Kier molecular flexibility index (Phi) is 4.93. The second-order valence-electron chi connectivity index (χ2n) is 5.16. The molecule has 0 amide bonds. The van der Waals surface area contributed by atoms with E-state index in [0.29, 0.717) is 18.8 Å². The molecule has 0 saturated heterocycles. The van der Waals surface area contributed by atoms with E-state index in [9.17, 15) is 9.18 Å². The molecule has 0 spiro atoms. The zero-order valence-electron chi connectivity index (χ0n) is 10.4. The lowest BCUT2D eigenvalue weighted by Gasteiger charge is -2.20. The van der Waals surface area contributed by atoms with Crippen molar-refractivity contribution in [3.8, 4) is 0 Å². The minimum atomic E-state index is -0.279. The van der Waals surface area contributed by atoms with E-state index in [2.05, 4.69) is 15.9 Å². The molecule has 0 aliphatic heterocycles. The first kappa shape index (κ1) is 13.7. The summed E-state index contributed by atoms with van der Waals surface area (Å²) in [6, 6.07) is 4.51.